The number of carbonyl (C=O) groups is 1. The van der Waals surface area contributed by atoms with Crippen LogP contribution in [-0.2, 0) is 10.2 Å². The quantitative estimate of drug-likeness (QED) is 0.827. The zero-order chi connectivity index (χ0) is 14.5. The Morgan fingerprint density at radius 1 is 1.16 bits per heavy atom. The molecule has 0 unspecified atom stereocenters. The third-order valence-electron chi connectivity index (χ3n) is 3.47. The summed E-state index contributed by atoms with van der Waals surface area (Å²) in [4.78, 5) is 11.9. The van der Waals surface area contributed by atoms with Crippen LogP contribution in [0.1, 0.15) is 39.7 Å². The normalized spacial score (nSPS) is 12.3. The number of nitrogens with two attached hydrogens (primary N) is 1. The molecule has 0 radical (unpaired) electrons. The minimum atomic E-state index is -0.138. The van der Waals surface area contributed by atoms with Crippen molar-refractivity contribution in [1.29, 1.82) is 0 Å². The van der Waals surface area contributed by atoms with E-state index in [-0.39, 0.29) is 16.7 Å². The van der Waals surface area contributed by atoms with E-state index < -0.39 is 0 Å². The molecule has 0 fully saturated rings. The molecule has 1 aromatic rings. The molecule has 0 saturated carbocycles. The van der Waals surface area contributed by atoms with Crippen molar-refractivity contribution in [2.24, 2.45) is 11.1 Å². The number of hydrogen-bond acceptors (Lipinski definition) is 2. The number of rotatable bonds is 6. The predicted molar refractivity (Wildman–Crippen MR) is 79.9 cm³/mol. The summed E-state index contributed by atoms with van der Waals surface area (Å²) in [5.41, 5.74) is 6.67. The van der Waals surface area contributed by atoms with Gasteiger partial charge in [0.1, 0.15) is 0 Å². The summed E-state index contributed by atoms with van der Waals surface area (Å²) in [7, 11) is 0. The van der Waals surface area contributed by atoms with Gasteiger partial charge in [-0.3, -0.25) is 4.79 Å². The first-order valence-corrected chi connectivity index (χ1v) is 6.79. The van der Waals surface area contributed by atoms with Crippen LogP contribution in [-0.4, -0.2) is 19.0 Å². The van der Waals surface area contributed by atoms with Crippen LogP contribution in [0.25, 0.3) is 0 Å². The molecule has 0 heterocycles. The zero-order valence-corrected chi connectivity index (χ0v) is 12.5. The molecule has 0 saturated heterocycles. The van der Waals surface area contributed by atoms with Crippen LogP contribution >= 0.6 is 0 Å². The van der Waals surface area contributed by atoms with Crippen LogP contribution in [0.2, 0.25) is 0 Å². The van der Waals surface area contributed by atoms with E-state index in [1.165, 1.54) is 5.56 Å². The molecule has 0 atom stereocenters. The standard InChI is InChI=1S/C16H26N2O/c1-15(2,11-17)10-14(19)18-12-16(3,4)13-8-6-5-7-9-13/h5-9H,10-12,17H2,1-4H3,(H,18,19). The van der Waals surface area contributed by atoms with Gasteiger partial charge in [-0.1, -0.05) is 58.0 Å². The highest BCUT2D eigenvalue weighted by Gasteiger charge is 2.24. The van der Waals surface area contributed by atoms with Gasteiger partial charge >= 0.3 is 0 Å². The molecular formula is C16H26N2O. The SMILES string of the molecule is CC(C)(CN)CC(=O)NCC(C)(C)c1ccccc1. The fourth-order valence-corrected chi connectivity index (χ4v) is 1.88. The van der Waals surface area contributed by atoms with Crippen LogP contribution in [0.4, 0.5) is 0 Å². The molecule has 1 amide bonds. The lowest BCUT2D eigenvalue weighted by Crippen LogP contribution is -2.39. The highest BCUT2D eigenvalue weighted by molar-refractivity contribution is 5.76. The van der Waals surface area contributed by atoms with Crippen molar-refractivity contribution >= 4 is 5.91 Å². The van der Waals surface area contributed by atoms with E-state index in [1.54, 1.807) is 0 Å². The lowest BCUT2D eigenvalue weighted by atomic mass is 9.84. The average molecular weight is 262 g/mol. The average Bonchev–Trinajstić information content (AvgIpc) is 2.37. The van der Waals surface area contributed by atoms with Crippen molar-refractivity contribution in [2.75, 3.05) is 13.1 Å². The molecule has 3 N–H and O–H groups in total. The second kappa shape index (κ2) is 6.20. The molecule has 1 aromatic carbocycles. The van der Waals surface area contributed by atoms with Crippen LogP contribution in [0.15, 0.2) is 30.3 Å². The van der Waals surface area contributed by atoms with Gasteiger partial charge in [0.2, 0.25) is 5.91 Å². The molecule has 106 valence electrons. The first kappa shape index (κ1) is 15.7. The molecule has 1 rings (SSSR count). The summed E-state index contributed by atoms with van der Waals surface area (Å²) in [6.45, 7) is 9.44. The topological polar surface area (TPSA) is 55.1 Å². The number of carbonyl (C=O) groups excluding carboxylic acids is 1. The Labute approximate surface area is 116 Å². The Morgan fingerprint density at radius 3 is 2.26 bits per heavy atom. The Hall–Kier alpha value is -1.35. The Kier molecular flexibility index (Phi) is 5.12. The van der Waals surface area contributed by atoms with Gasteiger partial charge < -0.3 is 11.1 Å². The number of hydrogen-bond donors (Lipinski definition) is 2. The van der Waals surface area contributed by atoms with E-state index in [0.29, 0.717) is 19.5 Å². The van der Waals surface area contributed by atoms with Crippen LogP contribution in [0.5, 0.6) is 0 Å². The number of benzene rings is 1. The van der Waals surface area contributed by atoms with E-state index >= 15 is 0 Å². The van der Waals surface area contributed by atoms with E-state index in [1.807, 2.05) is 32.0 Å². The molecule has 0 bridgehead atoms. The lowest BCUT2D eigenvalue weighted by Gasteiger charge is -2.27. The summed E-state index contributed by atoms with van der Waals surface area (Å²) >= 11 is 0. The molecule has 3 heteroatoms. The molecule has 0 spiro atoms. The first-order valence-electron chi connectivity index (χ1n) is 6.79. The van der Waals surface area contributed by atoms with Crippen LogP contribution in [0, 0.1) is 5.41 Å². The molecule has 19 heavy (non-hydrogen) atoms. The van der Waals surface area contributed by atoms with Gasteiger partial charge in [0.05, 0.1) is 0 Å². The summed E-state index contributed by atoms with van der Waals surface area (Å²) < 4.78 is 0. The van der Waals surface area contributed by atoms with Crippen molar-refractivity contribution < 1.29 is 4.79 Å². The van der Waals surface area contributed by atoms with E-state index in [9.17, 15) is 4.79 Å². The van der Waals surface area contributed by atoms with Crippen molar-refractivity contribution in [2.45, 2.75) is 39.5 Å². The second-order valence-corrected chi connectivity index (χ2v) is 6.57. The fourth-order valence-electron chi connectivity index (χ4n) is 1.88. The van der Waals surface area contributed by atoms with Gasteiger partial charge in [-0.2, -0.15) is 0 Å². The first-order chi connectivity index (χ1) is 8.77. The summed E-state index contributed by atoms with van der Waals surface area (Å²) in [6.07, 6.45) is 0.467. The number of nitrogens with one attached hydrogen (secondary N) is 1. The molecule has 3 nitrogen and oxygen atoms in total. The summed E-state index contributed by atoms with van der Waals surface area (Å²) in [6, 6.07) is 10.2. The third-order valence-corrected chi connectivity index (χ3v) is 3.47. The summed E-state index contributed by atoms with van der Waals surface area (Å²) in [5.74, 6) is 0.0689. The van der Waals surface area contributed by atoms with Gasteiger partial charge in [-0.05, 0) is 17.5 Å². The molecular weight excluding hydrogens is 236 g/mol. The Balaban J connectivity index is 2.55. The molecule has 0 aliphatic heterocycles. The van der Waals surface area contributed by atoms with Crippen molar-refractivity contribution in [3.63, 3.8) is 0 Å². The van der Waals surface area contributed by atoms with Gasteiger partial charge in [-0.25, -0.2) is 0 Å². The lowest BCUT2D eigenvalue weighted by molar-refractivity contribution is -0.123. The van der Waals surface area contributed by atoms with Crippen molar-refractivity contribution in [1.82, 2.24) is 5.32 Å². The largest absolute Gasteiger partial charge is 0.355 e. The van der Waals surface area contributed by atoms with Gasteiger partial charge in [-0.15, -0.1) is 0 Å². The molecule has 0 aromatic heterocycles. The molecule has 0 aliphatic carbocycles. The second-order valence-electron chi connectivity index (χ2n) is 6.57. The zero-order valence-electron chi connectivity index (χ0n) is 12.5. The van der Waals surface area contributed by atoms with E-state index in [2.05, 4.69) is 31.3 Å². The number of amides is 1. The van der Waals surface area contributed by atoms with E-state index in [4.69, 9.17) is 5.73 Å². The monoisotopic (exact) mass is 262 g/mol. The van der Waals surface area contributed by atoms with Crippen LogP contribution < -0.4 is 11.1 Å². The van der Waals surface area contributed by atoms with Crippen molar-refractivity contribution in [3.8, 4) is 0 Å². The Morgan fingerprint density at radius 2 is 1.74 bits per heavy atom. The van der Waals surface area contributed by atoms with Gasteiger partial charge in [0.25, 0.3) is 0 Å². The van der Waals surface area contributed by atoms with E-state index in [0.717, 1.165) is 0 Å². The van der Waals surface area contributed by atoms with Gasteiger partial charge in [0.15, 0.2) is 0 Å². The predicted octanol–water partition coefficient (Wildman–Crippen LogP) is 2.46. The van der Waals surface area contributed by atoms with Gasteiger partial charge in [0, 0.05) is 18.4 Å². The Bertz CT molecular complexity index is 410. The van der Waals surface area contributed by atoms with Crippen LogP contribution in [0.3, 0.4) is 0 Å². The molecule has 0 aliphatic rings. The minimum absolute atomic E-state index is 0.0657. The van der Waals surface area contributed by atoms with Crippen molar-refractivity contribution in [3.05, 3.63) is 35.9 Å². The fraction of sp³-hybridized carbons (Fsp3) is 0.562. The maximum absolute atomic E-state index is 11.9. The third kappa shape index (κ3) is 5.03. The maximum atomic E-state index is 11.9. The minimum Gasteiger partial charge on any atom is -0.355 e. The maximum Gasteiger partial charge on any atom is 0.220 e. The highest BCUT2D eigenvalue weighted by Crippen LogP contribution is 2.22. The highest BCUT2D eigenvalue weighted by atomic mass is 16.1. The smallest absolute Gasteiger partial charge is 0.220 e. The summed E-state index contributed by atoms with van der Waals surface area (Å²) in [5, 5.41) is 3.02.